The van der Waals surface area contributed by atoms with E-state index in [1.807, 2.05) is 0 Å². The van der Waals surface area contributed by atoms with E-state index in [1.54, 1.807) is 21.3 Å². The molecule has 0 bridgehead atoms. The molecule has 0 aromatic rings. The van der Waals surface area contributed by atoms with Crippen LogP contribution < -0.4 is 0 Å². The fraction of sp³-hybridized carbons (Fsp3) is 0.905. The normalized spacial score (nSPS) is 18.7. The third-order valence-electron chi connectivity index (χ3n) is 5.58. The molecule has 2 atom stereocenters. The second kappa shape index (κ2) is 13.2. The van der Waals surface area contributed by atoms with Gasteiger partial charge in [-0.3, -0.25) is 9.59 Å². The zero-order valence-electron chi connectivity index (χ0n) is 17.6. The van der Waals surface area contributed by atoms with Crippen molar-refractivity contribution in [1.82, 2.24) is 0 Å². The zero-order chi connectivity index (χ0) is 20.1. The first-order chi connectivity index (χ1) is 13.0. The summed E-state index contributed by atoms with van der Waals surface area (Å²) < 4.78 is 20.5. The Morgan fingerprint density at radius 1 is 0.926 bits per heavy atom. The van der Waals surface area contributed by atoms with Gasteiger partial charge in [-0.05, 0) is 25.2 Å². The van der Waals surface area contributed by atoms with Crippen molar-refractivity contribution >= 4 is 11.9 Å². The molecule has 0 amide bonds. The summed E-state index contributed by atoms with van der Waals surface area (Å²) >= 11 is 0. The number of ether oxygens (including phenoxy) is 4. The highest BCUT2D eigenvalue weighted by molar-refractivity contribution is 5.94. The number of hydrogen-bond donors (Lipinski definition) is 0. The maximum atomic E-state index is 11.4. The Morgan fingerprint density at radius 3 is 2.00 bits per heavy atom. The second-order valence-electron chi connectivity index (χ2n) is 7.69. The highest BCUT2D eigenvalue weighted by Crippen LogP contribution is 2.25. The van der Waals surface area contributed by atoms with Gasteiger partial charge in [-0.2, -0.15) is 0 Å². The van der Waals surface area contributed by atoms with Gasteiger partial charge in [0.2, 0.25) is 0 Å². The molecule has 27 heavy (non-hydrogen) atoms. The van der Waals surface area contributed by atoms with Gasteiger partial charge in [-0.25, -0.2) is 0 Å². The Bertz CT molecular complexity index is 424. The Balaban J connectivity index is 1.95. The molecule has 1 saturated heterocycles. The highest BCUT2D eigenvalue weighted by Gasteiger charge is 2.33. The number of carbonyl (C=O) groups is 2. The molecule has 1 heterocycles. The van der Waals surface area contributed by atoms with Crippen molar-refractivity contribution in [3.05, 3.63) is 0 Å². The molecule has 1 aliphatic rings. The van der Waals surface area contributed by atoms with Crippen LogP contribution in [0.15, 0.2) is 0 Å². The predicted octanol–water partition coefficient (Wildman–Crippen LogP) is 4.60. The molecule has 1 fully saturated rings. The first-order valence-electron chi connectivity index (χ1n) is 10.4. The highest BCUT2D eigenvalue weighted by atomic mass is 16.9. The summed E-state index contributed by atoms with van der Waals surface area (Å²) in [7, 11) is 4.81. The van der Waals surface area contributed by atoms with Crippen LogP contribution in [0.1, 0.15) is 84.0 Å². The molecule has 6 heteroatoms. The lowest BCUT2D eigenvalue weighted by Crippen LogP contribution is -2.35. The Hall–Kier alpha value is -0.980. The number of unbranched alkanes of at least 4 members (excludes halogenated alkanes) is 6. The van der Waals surface area contributed by atoms with Gasteiger partial charge in [0.1, 0.15) is 0 Å². The van der Waals surface area contributed by atoms with Crippen molar-refractivity contribution in [3.8, 4) is 0 Å². The molecular formula is C21H38O6. The number of rotatable bonds is 16. The van der Waals surface area contributed by atoms with E-state index in [-0.39, 0.29) is 24.3 Å². The van der Waals surface area contributed by atoms with Crippen LogP contribution in [0, 0.1) is 11.8 Å². The van der Waals surface area contributed by atoms with Gasteiger partial charge >= 0.3 is 11.9 Å². The van der Waals surface area contributed by atoms with E-state index in [0.29, 0.717) is 5.92 Å². The van der Waals surface area contributed by atoms with Crippen LogP contribution in [0.25, 0.3) is 0 Å². The quantitative estimate of drug-likeness (QED) is 0.167. The first-order valence-corrected chi connectivity index (χ1v) is 10.4. The van der Waals surface area contributed by atoms with Crippen molar-refractivity contribution in [1.29, 1.82) is 0 Å². The topological polar surface area (TPSA) is 71.1 Å². The van der Waals surface area contributed by atoms with Crippen molar-refractivity contribution in [3.63, 3.8) is 0 Å². The van der Waals surface area contributed by atoms with E-state index < -0.39 is 5.97 Å². The largest absolute Gasteiger partial charge is 0.393 e. The van der Waals surface area contributed by atoms with Crippen LogP contribution in [0.3, 0.4) is 0 Å². The molecule has 0 spiro atoms. The minimum Gasteiger partial charge on any atom is -0.393 e. The fourth-order valence-corrected chi connectivity index (χ4v) is 3.65. The monoisotopic (exact) mass is 386 g/mol. The van der Waals surface area contributed by atoms with Crippen molar-refractivity contribution in [2.75, 3.05) is 21.3 Å². The molecule has 0 aromatic heterocycles. The lowest BCUT2D eigenvalue weighted by Gasteiger charge is -2.28. The summed E-state index contributed by atoms with van der Waals surface area (Å²) in [6, 6.07) is 0. The Kier molecular flexibility index (Phi) is 11.8. The molecule has 2 unspecified atom stereocenters. The van der Waals surface area contributed by atoms with Crippen molar-refractivity contribution in [2.45, 2.75) is 89.9 Å². The number of esters is 2. The third kappa shape index (κ3) is 9.17. The number of cyclic esters (lactones) is 2. The molecular weight excluding hydrogens is 348 g/mol. The summed E-state index contributed by atoms with van der Waals surface area (Å²) in [5, 5.41) is 0. The van der Waals surface area contributed by atoms with Crippen LogP contribution in [0.2, 0.25) is 0 Å². The van der Waals surface area contributed by atoms with E-state index >= 15 is 0 Å². The van der Waals surface area contributed by atoms with Gasteiger partial charge < -0.3 is 18.9 Å². The summed E-state index contributed by atoms with van der Waals surface area (Å²) in [5.74, 6) is -1.19. The molecule has 1 aliphatic heterocycles. The van der Waals surface area contributed by atoms with E-state index in [2.05, 4.69) is 11.7 Å². The Labute approximate surface area is 164 Å². The summed E-state index contributed by atoms with van der Waals surface area (Å²) in [4.78, 5) is 22.5. The molecule has 0 saturated carbocycles. The van der Waals surface area contributed by atoms with Crippen molar-refractivity contribution < 1.29 is 28.5 Å². The number of hydrogen-bond acceptors (Lipinski definition) is 6. The summed E-state index contributed by atoms with van der Waals surface area (Å²) in [6.45, 7) is 2.23. The average molecular weight is 387 g/mol. The third-order valence-corrected chi connectivity index (χ3v) is 5.58. The van der Waals surface area contributed by atoms with E-state index in [1.165, 1.54) is 38.5 Å². The van der Waals surface area contributed by atoms with Crippen LogP contribution in [-0.2, 0) is 28.5 Å². The van der Waals surface area contributed by atoms with Crippen LogP contribution in [0.4, 0.5) is 0 Å². The summed E-state index contributed by atoms with van der Waals surface area (Å²) in [5.41, 5.74) is 0. The van der Waals surface area contributed by atoms with E-state index in [9.17, 15) is 9.59 Å². The zero-order valence-corrected chi connectivity index (χ0v) is 17.6. The standard InChI is InChI=1S/C21H38O6/c1-17(13-14-18-16-19(22)27-20(18)23)12-10-8-6-5-7-9-11-15-21(24-2,25-3)26-4/h17-18H,5-16H2,1-4H3. The SMILES string of the molecule is COC(CCCCCCCCCC(C)CCC1CC(=O)OC1=O)(OC)OC. The molecule has 0 aliphatic carbocycles. The maximum absolute atomic E-state index is 11.4. The number of carbonyl (C=O) groups excluding carboxylic acids is 2. The molecule has 0 radical (unpaired) electrons. The Morgan fingerprint density at radius 2 is 1.48 bits per heavy atom. The van der Waals surface area contributed by atoms with Gasteiger partial charge in [0, 0.05) is 27.8 Å². The lowest BCUT2D eigenvalue weighted by molar-refractivity contribution is -0.355. The van der Waals surface area contributed by atoms with Crippen LogP contribution in [0.5, 0.6) is 0 Å². The van der Waals surface area contributed by atoms with Gasteiger partial charge in [-0.1, -0.05) is 51.9 Å². The van der Waals surface area contributed by atoms with E-state index in [0.717, 1.165) is 32.1 Å². The van der Waals surface area contributed by atoms with Gasteiger partial charge in [0.05, 0.1) is 12.3 Å². The van der Waals surface area contributed by atoms with Crippen LogP contribution >= 0.6 is 0 Å². The molecule has 0 N–H and O–H groups in total. The number of methoxy groups -OCH3 is 3. The maximum Gasteiger partial charge on any atom is 0.317 e. The second-order valence-corrected chi connectivity index (χ2v) is 7.69. The van der Waals surface area contributed by atoms with Crippen molar-refractivity contribution in [2.24, 2.45) is 11.8 Å². The molecule has 0 aromatic carbocycles. The molecule has 158 valence electrons. The lowest BCUT2D eigenvalue weighted by atomic mass is 9.92. The fourth-order valence-electron chi connectivity index (χ4n) is 3.65. The minimum absolute atomic E-state index is 0.201. The van der Waals surface area contributed by atoms with Gasteiger partial charge in [0.25, 0.3) is 5.97 Å². The average Bonchev–Trinajstić information content (AvgIpc) is 2.99. The van der Waals surface area contributed by atoms with E-state index in [4.69, 9.17) is 14.2 Å². The molecule has 6 nitrogen and oxygen atoms in total. The smallest absolute Gasteiger partial charge is 0.317 e. The molecule has 1 rings (SSSR count). The minimum atomic E-state index is -0.890. The first kappa shape index (κ1) is 24.1. The summed E-state index contributed by atoms with van der Waals surface area (Å²) in [6.07, 6.45) is 12.4. The van der Waals surface area contributed by atoms with Gasteiger partial charge in [0.15, 0.2) is 0 Å². The van der Waals surface area contributed by atoms with Gasteiger partial charge in [-0.15, -0.1) is 0 Å². The van der Waals surface area contributed by atoms with Crippen LogP contribution in [-0.4, -0.2) is 39.2 Å². The predicted molar refractivity (Wildman–Crippen MR) is 103 cm³/mol.